The van der Waals surface area contributed by atoms with Crippen molar-refractivity contribution in [1.29, 1.82) is 0 Å². The maximum Gasteiger partial charge on any atom is 0.295 e. The third kappa shape index (κ3) is 4.77. The smallest absolute Gasteiger partial charge is 0.295 e. The largest absolute Gasteiger partial charge is 0.375 e. The second kappa shape index (κ2) is 8.58. The molecule has 0 unspecified atom stereocenters. The molecule has 0 bridgehead atoms. The first-order valence-electron chi connectivity index (χ1n) is 8.78. The molecule has 0 spiro atoms. The molecule has 130 valence electrons. The van der Waals surface area contributed by atoms with Crippen molar-refractivity contribution < 1.29 is 14.3 Å². The minimum absolute atomic E-state index is 0.00462. The minimum atomic E-state index is -0.439. The molecule has 1 amide bonds. The van der Waals surface area contributed by atoms with E-state index in [0.717, 1.165) is 19.3 Å². The summed E-state index contributed by atoms with van der Waals surface area (Å²) in [6.45, 7) is 1.46. The summed E-state index contributed by atoms with van der Waals surface area (Å²) in [5, 5.41) is 0. The van der Waals surface area contributed by atoms with Crippen LogP contribution in [-0.4, -0.2) is 42.4 Å². The van der Waals surface area contributed by atoms with Gasteiger partial charge in [-0.05, 0) is 24.8 Å². The Balaban J connectivity index is 1.50. The Kier molecular flexibility index (Phi) is 5.96. The van der Waals surface area contributed by atoms with Gasteiger partial charge in [0.25, 0.3) is 5.91 Å². The predicted octanol–water partition coefficient (Wildman–Crippen LogP) is 3.12. The van der Waals surface area contributed by atoms with Crippen LogP contribution in [0.15, 0.2) is 60.7 Å². The third-order valence-electron chi connectivity index (χ3n) is 4.49. The molecule has 2 aromatic rings. The average molecular weight is 337 g/mol. The molecule has 25 heavy (non-hydrogen) atoms. The predicted molar refractivity (Wildman–Crippen MR) is 96.5 cm³/mol. The quantitative estimate of drug-likeness (QED) is 0.601. The highest BCUT2D eigenvalue weighted by Gasteiger charge is 2.28. The highest BCUT2D eigenvalue weighted by molar-refractivity contribution is 6.42. The number of Topliss-reactive ketones (excluding diaryl/α,β-unsaturated/α-hetero) is 1. The van der Waals surface area contributed by atoms with Gasteiger partial charge in [0.1, 0.15) is 0 Å². The molecule has 1 heterocycles. The summed E-state index contributed by atoms with van der Waals surface area (Å²) < 4.78 is 5.78. The Morgan fingerprint density at radius 1 is 1.00 bits per heavy atom. The number of benzene rings is 2. The molecule has 1 aliphatic rings. The van der Waals surface area contributed by atoms with Crippen LogP contribution in [0.5, 0.6) is 0 Å². The molecule has 3 rings (SSSR count). The normalized spacial score (nSPS) is 17.3. The number of amides is 1. The van der Waals surface area contributed by atoms with Gasteiger partial charge in [-0.2, -0.15) is 0 Å². The average Bonchev–Trinajstić information content (AvgIpc) is 2.68. The molecule has 4 heteroatoms. The van der Waals surface area contributed by atoms with E-state index in [-0.39, 0.29) is 6.10 Å². The summed E-state index contributed by atoms with van der Waals surface area (Å²) in [4.78, 5) is 26.4. The minimum Gasteiger partial charge on any atom is -0.375 e. The molecule has 2 aromatic carbocycles. The van der Waals surface area contributed by atoms with Crippen LogP contribution in [0, 0.1) is 0 Å². The Bertz CT molecular complexity index is 700. The van der Waals surface area contributed by atoms with Crippen LogP contribution in [-0.2, 0) is 16.0 Å². The van der Waals surface area contributed by atoms with Crippen LogP contribution in [0.2, 0.25) is 0 Å². The van der Waals surface area contributed by atoms with E-state index in [2.05, 4.69) is 12.1 Å². The Morgan fingerprint density at radius 3 is 2.40 bits per heavy atom. The van der Waals surface area contributed by atoms with E-state index in [4.69, 9.17) is 4.74 Å². The molecule has 0 radical (unpaired) electrons. The molecule has 4 nitrogen and oxygen atoms in total. The van der Waals surface area contributed by atoms with Crippen molar-refractivity contribution in [2.45, 2.75) is 25.4 Å². The van der Waals surface area contributed by atoms with Gasteiger partial charge < -0.3 is 9.64 Å². The topological polar surface area (TPSA) is 46.6 Å². The van der Waals surface area contributed by atoms with Crippen molar-refractivity contribution in [3.8, 4) is 0 Å². The van der Waals surface area contributed by atoms with Gasteiger partial charge in [0.05, 0.1) is 12.7 Å². The fourth-order valence-corrected chi connectivity index (χ4v) is 3.11. The Labute approximate surface area is 148 Å². The van der Waals surface area contributed by atoms with Crippen LogP contribution < -0.4 is 0 Å². The maximum atomic E-state index is 12.5. The van der Waals surface area contributed by atoms with Crippen molar-refractivity contribution in [2.75, 3.05) is 19.7 Å². The maximum absolute atomic E-state index is 12.5. The first kappa shape index (κ1) is 17.4. The molecule has 1 atom stereocenters. The van der Waals surface area contributed by atoms with Crippen LogP contribution in [0.1, 0.15) is 28.8 Å². The van der Waals surface area contributed by atoms with Gasteiger partial charge in [-0.15, -0.1) is 0 Å². The van der Waals surface area contributed by atoms with Crippen LogP contribution in [0.4, 0.5) is 0 Å². The fourth-order valence-electron chi connectivity index (χ4n) is 3.11. The fraction of sp³-hybridized carbons (Fsp3) is 0.333. The number of rotatable bonds is 6. The number of morpholine rings is 1. The summed E-state index contributed by atoms with van der Waals surface area (Å²) in [5.74, 6) is -0.868. The first-order chi connectivity index (χ1) is 12.2. The molecule has 1 fully saturated rings. The molecular formula is C21H23NO3. The summed E-state index contributed by atoms with van der Waals surface area (Å²) in [6.07, 6.45) is 2.89. The van der Waals surface area contributed by atoms with Crippen molar-refractivity contribution in [3.63, 3.8) is 0 Å². The van der Waals surface area contributed by atoms with Gasteiger partial charge in [0, 0.05) is 18.7 Å². The van der Waals surface area contributed by atoms with Gasteiger partial charge in [0.2, 0.25) is 5.78 Å². The van der Waals surface area contributed by atoms with E-state index >= 15 is 0 Å². The van der Waals surface area contributed by atoms with E-state index in [9.17, 15) is 9.59 Å². The van der Waals surface area contributed by atoms with E-state index in [1.54, 1.807) is 29.2 Å². The highest BCUT2D eigenvalue weighted by atomic mass is 16.5. The Morgan fingerprint density at radius 2 is 1.68 bits per heavy atom. The molecule has 0 N–H and O–H groups in total. The molecule has 0 saturated carbocycles. The van der Waals surface area contributed by atoms with Crippen LogP contribution in [0.25, 0.3) is 0 Å². The van der Waals surface area contributed by atoms with Crippen molar-refractivity contribution in [2.24, 2.45) is 0 Å². The van der Waals surface area contributed by atoms with E-state index < -0.39 is 11.7 Å². The summed E-state index contributed by atoms with van der Waals surface area (Å²) in [5.41, 5.74) is 1.75. The van der Waals surface area contributed by atoms with Gasteiger partial charge in [-0.1, -0.05) is 60.7 Å². The third-order valence-corrected chi connectivity index (χ3v) is 4.49. The molecule has 1 saturated heterocycles. The summed E-state index contributed by atoms with van der Waals surface area (Å²) in [6, 6.07) is 19.1. The Hall–Kier alpha value is -2.46. The zero-order chi connectivity index (χ0) is 17.5. The number of aryl methyl sites for hydroxylation is 1. The molecule has 0 aliphatic carbocycles. The lowest BCUT2D eigenvalue weighted by Gasteiger charge is -2.32. The molecule has 0 aromatic heterocycles. The SMILES string of the molecule is O=C(C(=O)N1CCO[C@H](CCCc2ccccc2)C1)c1ccccc1. The zero-order valence-corrected chi connectivity index (χ0v) is 14.3. The van der Waals surface area contributed by atoms with E-state index in [1.165, 1.54) is 5.56 Å². The van der Waals surface area contributed by atoms with Gasteiger partial charge in [-0.25, -0.2) is 0 Å². The second-order valence-corrected chi connectivity index (χ2v) is 6.32. The standard InChI is InChI=1S/C21H23NO3/c23-20(18-11-5-2-6-12-18)21(24)22-14-15-25-19(16-22)13-7-10-17-8-3-1-4-9-17/h1-6,8-9,11-12,19H,7,10,13-16H2/t19-/m1/s1. The number of ether oxygens (including phenoxy) is 1. The number of carbonyl (C=O) groups is 2. The molecule has 1 aliphatic heterocycles. The van der Waals surface area contributed by atoms with Crippen molar-refractivity contribution in [3.05, 3.63) is 71.8 Å². The van der Waals surface area contributed by atoms with Crippen LogP contribution in [0.3, 0.4) is 0 Å². The lowest BCUT2D eigenvalue weighted by Crippen LogP contribution is -2.48. The lowest BCUT2D eigenvalue weighted by molar-refractivity contribution is -0.134. The highest BCUT2D eigenvalue weighted by Crippen LogP contribution is 2.14. The lowest BCUT2D eigenvalue weighted by atomic mass is 10.0. The number of hydrogen-bond acceptors (Lipinski definition) is 3. The van der Waals surface area contributed by atoms with Crippen molar-refractivity contribution >= 4 is 11.7 Å². The van der Waals surface area contributed by atoms with Gasteiger partial charge in [0.15, 0.2) is 0 Å². The number of hydrogen-bond donors (Lipinski definition) is 0. The summed E-state index contributed by atoms with van der Waals surface area (Å²) >= 11 is 0. The van der Waals surface area contributed by atoms with Crippen molar-refractivity contribution in [1.82, 2.24) is 4.90 Å². The zero-order valence-electron chi connectivity index (χ0n) is 14.3. The number of carbonyl (C=O) groups excluding carboxylic acids is 2. The van der Waals surface area contributed by atoms with Gasteiger partial charge in [-0.3, -0.25) is 9.59 Å². The van der Waals surface area contributed by atoms with Crippen LogP contribution >= 0.6 is 0 Å². The van der Waals surface area contributed by atoms with E-state index in [1.807, 2.05) is 24.3 Å². The first-order valence-corrected chi connectivity index (χ1v) is 8.78. The number of nitrogens with zero attached hydrogens (tertiary/aromatic N) is 1. The number of ketones is 1. The second-order valence-electron chi connectivity index (χ2n) is 6.32. The molecular weight excluding hydrogens is 314 g/mol. The monoisotopic (exact) mass is 337 g/mol. The van der Waals surface area contributed by atoms with Gasteiger partial charge >= 0.3 is 0 Å². The summed E-state index contributed by atoms with van der Waals surface area (Å²) in [7, 11) is 0. The van der Waals surface area contributed by atoms with E-state index in [0.29, 0.717) is 25.3 Å².